The normalized spacial score (nSPS) is 15.5. The summed E-state index contributed by atoms with van der Waals surface area (Å²) in [6.07, 6.45) is 3.42. The van der Waals surface area contributed by atoms with Crippen LogP contribution in [0.4, 0.5) is 5.69 Å². The summed E-state index contributed by atoms with van der Waals surface area (Å²) in [6, 6.07) is 11.6. The second-order valence-corrected chi connectivity index (χ2v) is 7.84. The van der Waals surface area contributed by atoms with Gasteiger partial charge in [0.15, 0.2) is 0 Å². The van der Waals surface area contributed by atoms with Gasteiger partial charge in [-0.1, -0.05) is 19.1 Å². The van der Waals surface area contributed by atoms with E-state index in [0.717, 1.165) is 30.0 Å². The van der Waals surface area contributed by atoms with E-state index < -0.39 is 0 Å². The summed E-state index contributed by atoms with van der Waals surface area (Å²) in [4.78, 5) is 16.9. The Morgan fingerprint density at radius 1 is 1.44 bits per heavy atom. The van der Waals surface area contributed by atoms with Crippen LogP contribution in [0.5, 0.6) is 5.75 Å². The first-order valence-corrected chi connectivity index (χ1v) is 10.1. The fraction of sp³-hybridized carbons (Fsp3) is 0.381. The first-order chi connectivity index (χ1) is 13.1. The van der Waals surface area contributed by atoms with E-state index in [4.69, 9.17) is 9.72 Å². The number of para-hydroxylation sites is 2. The maximum absolute atomic E-state index is 12.2. The van der Waals surface area contributed by atoms with Gasteiger partial charge in [-0.3, -0.25) is 4.79 Å². The molecule has 1 aromatic carbocycles. The number of methoxy groups -OCH3 is 1. The number of thioether (sulfide) groups is 1. The number of nitrogens with one attached hydrogen (secondary N) is 1. The van der Waals surface area contributed by atoms with Gasteiger partial charge in [-0.05, 0) is 48.9 Å². The van der Waals surface area contributed by atoms with E-state index in [9.17, 15) is 10.1 Å². The van der Waals surface area contributed by atoms with E-state index >= 15 is 0 Å². The minimum Gasteiger partial charge on any atom is -0.495 e. The van der Waals surface area contributed by atoms with E-state index in [2.05, 4.69) is 18.3 Å². The molecule has 0 spiro atoms. The molecule has 1 aliphatic carbocycles. The van der Waals surface area contributed by atoms with Gasteiger partial charge < -0.3 is 10.1 Å². The number of anilines is 1. The molecule has 1 aliphatic rings. The van der Waals surface area contributed by atoms with Crippen LogP contribution in [0, 0.1) is 17.2 Å². The van der Waals surface area contributed by atoms with Crippen LogP contribution in [0.15, 0.2) is 35.4 Å². The monoisotopic (exact) mass is 381 g/mol. The van der Waals surface area contributed by atoms with Crippen LogP contribution in [0.25, 0.3) is 0 Å². The largest absolute Gasteiger partial charge is 0.495 e. The van der Waals surface area contributed by atoms with Crippen LogP contribution >= 0.6 is 11.8 Å². The minimum absolute atomic E-state index is 0.0858. The van der Waals surface area contributed by atoms with Gasteiger partial charge in [0.1, 0.15) is 16.8 Å². The van der Waals surface area contributed by atoms with Crippen LogP contribution < -0.4 is 10.1 Å². The van der Waals surface area contributed by atoms with E-state index in [1.807, 2.05) is 24.3 Å². The molecule has 1 aromatic heterocycles. The van der Waals surface area contributed by atoms with Crippen molar-refractivity contribution in [1.29, 1.82) is 5.26 Å². The highest BCUT2D eigenvalue weighted by Gasteiger charge is 2.19. The summed E-state index contributed by atoms with van der Waals surface area (Å²) in [7, 11) is 1.58. The molecule has 0 saturated heterocycles. The van der Waals surface area contributed by atoms with Gasteiger partial charge in [-0.2, -0.15) is 5.26 Å². The number of fused-ring (bicyclic) bond motifs is 1. The Bertz CT molecular complexity index is 876. The Balaban J connectivity index is 1.60. The first kappa shape index (κ1) is 19.2. The van der Waals surface area contributed by atoms with Gasteiger partial charge in [0.05, 0.1) is 18.4 Å². The number of aromatic nitrogens is 1. The third kappa shape index (κ3) is 4.81. The summed E-state index contributed by atoms with van der Waals surface area (Å²) < 4.78 is 5.24. The van der Waals surface area contributed by atoms with Gasteiger partial charge in [0, 0.05) is 17.9 Å². The third-order valence-electron chi connectivity index (χ3n) is 4.67. The molecular weight excluding hydrogens is 358 g/mol. The van der Waals surface area contributed by atoms with Crippen molar-refractivity contribution in [3.05, 3.63) is 47.2 Å². The number of ether oxygens (including phenoxy) is 1. The lowest BCUT2D eigenvalue weighted by atomic mass is 9.87. The highest BCUT2D eigenvalue weighted by Crippen LogP contribution is 2.30. The molecule has 0 bridgehead atoms. The van der Waals surface area contributed by atoms with Crippen molar-refractivity contribution in [3.63, 3.8) is 0 Å². The van der Waals surface area contributed by atoms with Crippen LogP contribution in [0.3, 0.4) is 0 Å². The molecule has 27 heavy (non-hydrogen) atoms. The maximum Gasteiger partial charge on any atom is 0.225 e. The predicted molar refractivity (Wildman–Crippen MR) is 107 cm³/mol. The quantitative estimate of drug-likeness (QED) is 0.759. The van der Waals surface area contributed by atoms with Crippen LogP contribution in [-0.2, 0) is 17.6 Å². The predicted octanol–water partition coefficient (Wildman–Crippen LogP) is 4.21. The molecule has 3 rings (SSSR count). The number of hydrogen-bond acceptors (Lipinski definition) is 5. The Morgan fingerprint density at radius 3 is 3.04 bits per heavy atom. The van der Waals surface area contributed by atoms with E-state index in [-0.39, 0.29) is 5.91 Å². The van der Waals surface area contributed by atoms with Crippen molar-refractivity contribution in [2.24, 2.45) is 5.92 Å². The maximum atomic E-state index is 12.2. The molecule has 1 atom stereocenters. The van der Waals surface area contributed by atoms with Gasteiger partial charge in [-0.25, -0.2) is 4.98 Å². The molecule has 1 N–H and O–H groups in total. The standard InChI is InChI=1S/C21H23N3O2S/c1-14-7-8-17-15(11-14)12-16(13-22)21(24-17)27-10-9-20(25)23-18-5-3-4-6-19(18)26-2/h3-6,12,14H,7-11H2,1-2H3,(H,23,25). The van der Waals surface area contributed by atoms with Crippen molar-refractivity contribution >= 4 is 23.4 Å². The first-order valence-electron chi connectivity index (χ1n) is 9.09. The molecule has 2 aromatic rings. The molecule has 0 aliphatic heterocycles. The number of carbonyl (C=O) groups is 1. The SMILES string of the molecule is COc1ccccc1NC(=O)CCSc1nc2c(cc1C#N)CC(C)CC2. The van der Waals surface area contributed by atoms with Gasteiger partial charge in [-0.15, -0.1) is 11.8 Å². The van der Waals surface area contributed by atoms with E-state index in [0.29, 0.717) is 35.1 Å². The number of rotatable bonds is 6. The topological polar surface area (TPSA) is 75.0 Å². The van der Waals surface area contributed by atoms with Crippen molar-refractivity contribution in [1.82, 2.24) is 4.98 Å². The summed E-state index contributed by atoms with van der Waals surface area (Å²) >= 11 is 1.47. The zero-order valence-electron chi connectivity index (χ0n) is 15.6. The average Bonchev–Trinajstić information content (AvgIpc) is 2.68. The molecular formula is C21H23N3O2S. The molecule has 140 valence electrons. The van der Waals surface area contributed by atoms with Crippen molar-refractivity contribution < 1.29 is 9.53 Å². The Hall–Kier alpha value is -2.52. The molecule has 0 radical (unpaired) electrons. The lowest BCUT2D eigenvalue weighted by molar-refractivity contribution is -0.115. The summed E-state index contributed by atoms with van der Waals surface area (Å²) in [5.74, 6) is 1.76. The molecule has 6 heteroatoms. The van der Waals surface area contributed by atoms with E-state index in [1.54, 1.807) is 13.2 Å². The summed E-state index contributed by atoms with van der Waals surface area (Å²) in [5, 5.41) is 13.1. The lowest BCUT2D eigenvalue weighted by Gasteiger charge is -2.21. The van der Waals surface area contributed by atoms with Crippen molar-refractivity contribution in [2.75, 3.05) is 18.2 Å². The Morgan fingerprint density at radius 2 is 2.26 bits per heavy atom. The van der Waals surface area contributed by atoms with Crippen LogP contribution in [0.2, 0.25) is 0 Å². The molecule has 1 heterocycles. The fourth-order valence-corrected chi connectivity index (χ4v) is 4.13. The fourth-order valence-electron chi connectivity index (χ4n) is 3.22. The number of hydrogen-bond donors (Lipinski definition) is 1. The third-order valence-corrected chi connectivity index (χ3v) is 5.66. The molecule has 1 amide bonds. The molecule has 1 unspecified atom stereocenters. The van der Waals surface area contributed by atoms with Gasteiger partial charge >= 0.3 is 0 Å². The van der Waals surface area contributed by atoms with Crippen molar-refractivity contribution in [2.45, 2.75) is 37.6 Å². The highest BCUT2D eigenvalue weighted by atomic mass is 32.2. The number of pyridine rings is 1. The number of nitriles is 1. The van der Waals surface area contributed by atoms with E-state index in [1.165, 1.54) is 17.3 Å². The molecule has 5 nitrogen and oxygen atoms in total. The van der Waals surface area contributed by atoms with Gasteiger partial charge in [0.2, 0.25) is 5.91 Å². The number of aryl methyl sites for hydroxylation is 1. The summed E-state index contributed by atoms with van der Waals surface area (Å²) in [5.41, 5.74) is 3.57. The zero-order chi connectivity index (χ0) is 19.2. The Kier molecular flexibility index (Phi) is 6.36. The second-order valence-electron chi connectivity index (χ2n) is 6.75. The van der Waals surface area contributed by atoms with Crippen LogP contribution in [-0.4, -0.2) is 23.8 Å². The highest BCUT2D eigenvalue weighted by molar-refractivity contribution is 7.99. The zero-order valence-corrected chi connectivity index (χ0v) is 16.4. The van der Waals surface area contributed by atoms with Crippen molar-refractivity contribution in [3.8, 4) is 11.8 Å². The average molecular weight is 382 g/mol. The number of nitrogens with zero attached hydrogens (tertiary/aromatic N) is 2. The Labute approximate surface area is 164 Å². The summed E-state index contributed by atoms with van der Waals surface area (Å²) in [6.45, 7) is 2.23. The number of carbonyl (C=O) groups excluding carboxylic acids is 1. The molecule has 0 fully saturated rings. The molecule has 0 saturated carbocycles. The van der Waals surface area contributed by atoms with Gasteiger partial charge in [0.25, 0.3) is 0 Å². The smallest absolute Gasteiger partial charge is 0.225 e. The number of amides is 1. The number of benzene rings is 1. The second kappa shape index (κ2) is 8.92. The lowest BCUT2D eigenvalue weighted by Crippen LogP contribution is -2.14. The minimum atomic E-state index is -0.0858. The van der Waals surface area contributed by atoms with Crippen LogP contribution in [0.1, 0.15) is 36.6 Å².